The fraction of sp³-hybridized carbons (Fsp3) is 0.611. The molecule has 0 saturated heterocycles. The van der Waals surface area contributed by atoms with Gasteiger partial charge in [-0.2, -0.15) is 5.10 Å². The highest BCUT2D eigenvalue weighted by molar-refractivity contribution is 7.13. The molecular weight excluding hydrogens is 348 g/mol. The molecule has 1 fully saturated rings. The summed E-state index contributed by atoms with van der Waals surface area (Å²) in [5.74, 6) is 0.304. The number of aromatic nitrogens is 1. The lowest BCUT2D eigenvalue weighted by Crippen LogP contribution is -2.44. The van der Waals surface area contributed by atoms with Crippen molar-refractivity contribution < 1.29 is 4.79 Å². The Kier molecular flexibility index (Phi) is 4.48. The second-order valence-corrected chi connectivity index (χ2v) is 8.23. The maximum atomic E-state index is 13.0. The Bertz CT molecular complexity index is 875. The minimum absolute atomic E-state index is 0.0724. The van der Waals surface area contributed by atoms with E-state index in [1.807, 2.05) is 14.1 Å². The fourth-order valence-electron chi connectivity index (χ4n) is 3.99. The van der Waals surface area contributed by atoms with Gasteiger partial charge in [0.05, 0.1) is 15.4 Å². The largest absolute Gasteiger partial charge is 0.365 e. The Balaban J connectivity index is 1.64. The van der Waals surface area contributed by atoms with Crippen LogP contribution in [0.2, 0.25) is 0 Å². The van der Waals surface area contributed by atoms with Gasteiger partial charge in [-0.15, -0.1) is 0 Å². The van der Waals surface area contributed by atoms with Crippen molar-refractivity contribution >= 4 is 39.7 Å². The predicted octanol–water partition coefficient (Wildman–Crippen LogP) is -0.258. The molecule has 1 aromatic heterocycles. The van der Waals surface area contributed by atoms with E-state index in [1.165, 1.54) is 0 Å². The van der Waals surface area contributed by atoms with Gasteiger partial charge in [0.15, 0.2) is 10.8 Å². The van der Waals surface area contributed by atoms with Gasteiger partial charge in [-0.25, -0.2) is 4.98 Å². The number of amides is 1. The van der Waals surface area contributed by atoms with Crippen LogP contribution in [0.1, 0.15) is 32.6 Å². The van der Waals surface area contributed by atoms with Gasteiger partial charge in [0.25, 0.3) is 5.91 Å². The van der Waals surface area contributed by atoms with Crippen LogP contribution in [0.25, 0.3) is 11.6 Å². The quantitative estimate of drug-likeness (QED) is 0.503. The van der Waals surface area contributed by atoms with Gasteiger partial charge in [0.1, 0.15) is 0 Å². The van der Waals surface area contributed by atoms with Gasteiger partial charge in [-0.05, 0) is 32.9 Å². The van der Waals surface area contributed by atoms with Crippen LogP contribution in [0.15, 0.2) is 5.10 Å². The van der Waals surface area contributed by atoms with E-state index in [1.54, 1.807) is 11.3 Å². The molecule has 0 aromatic carbocycles. The molecule has 26 heavy (non-hydrogen) atoms. The average molecular weight is 375 g/mol. The maximum absolute atomic E-state index is 13.0. The maximum Gasteiger partial charge on any atom is 0.272 e. The van der Waals surface area contributed by atoms with Gasteiger partial charge < -0.3 is 16.0 Å². The van der Waals surface area contributed by atoms with E-state index in [0.29, 0.717) is 11.6 Å². The minimum atomic E-state index is -0.178. The first-order valence-electron chi connectivity index (χ1n) is 9.35. The second kappa shape index (κ2) is 6.66. The Labute approximate surface area is 157 Å². The van der Waals surface area contributed by atoms with E-state index in [9.17, 15) is 4.79 Å². The number of nitrogens with zero attached hydrogens (tertiary/aromatic N) is 2. The SMILES string of the molecule is CCCC(CCNC)NC(=O)C1=NNC23CC2C=c2nc(NC)sc2=C13. The molecule has 2 heterocycles. The highest BCUT2D eigenvalue weighted by Crippen LogP contribution is 2.54. The van der Waals surface area contributed by atoms with E-state index >= 15 is 0 Å². The third-order valence-electron chi connectivity index (χ3n) is 5.45. The molecule has 4 rings (SSSR count). The number of carbonyl (C=O) groups excluding carboxylic acids is 1. The summed E-state index contributed by atoms with van der Waals surface area (Å²) in [6, 6.07) is 0.166. The van der Waals surface area contributed by atoms with Crippen LogP contribution in [-0.2, 0) is 4.79 Å². The second-order valence-electron chi connectivity index (χ2n) is 7.23. The first-order valence-corrected chi connectivity index (χ1v) is 10.2. The number of thiazole rings is 1. The van der Waals surface area contributed by atoms with E-state index < -0.39 is 0 Å². The third kappa shape index (κ3) is 2.72. The molecule has 0 bridgehead atoms. The number of fused-ring (bicyclic) bond motifs is 1. The molecule has 1 aromatic rings. The fourth-order valence-corrected chi connectivity index (χ4v) is 5.03. The zero-order valence-corrected chi connectivity index (χ0v) is 16.3. The van der Waals surface area contributed by atoms with Crippen molar-refractivity contribution in [3.8, 4) is 0 Å². The van der Waals surface area contributed by atoms with Crippen molar-refractivity contribution in [2.45, 2.75) is 44.2 Å². The van der Waals surface area contributed by atoms with Crippen molar-refractivity contribution in [3.63, 3.8) is 0 Å². The number of anilines is 1. The van der Waals surface area contributed by atoms with Crippen LogP contribution in [0.5, 0.6) is 0 Å². The number of hydrogen-bond donors (Lipinski definition) is 4. The average Bonchev–Trinajstić information content (AvgIpc) is 2.99. The van der Waals surface area contributed by atoms with Crippen LogP contribution in [0.3, 0.4) is 0 Å². The monoisotopic (exact) mass is 374 g/mol. The Morgan fingerprint density at radius 3 is 3.04 bits per heavy atom. The first-order chi connectivity index (χ1) is 12.6. The van der Waals surface area contributed by atoms with Crippen molar-refractivity contribution in [2.24, 2.45) is 11.0 Å². The number of carbonyl (C=O) groups is 1. The Morgan fingerprint density at radius 2 is 2.31 bits per heavy atom. The van der Waals surface area contributed by atoms with Crippen molar-refractivity contribution in [3.05, 3.63) is 9.88 Å². The minimum Gasteiger partial charge on any atom is -0.365 e. The summed E-state index contributed by atoms with van der Waals surface area (Å²) >= 11 is 1.60. The van der Waals surface area contributed by atoms with Crippen LogP contribution < -0.4 is 31.3 Å². The molecule has 2 aliphatic carbocycles. The summed E-state index contributed by atoms with van der Waals surface area (Å²) in [6.07, 6.45) is 6.14. The molecule has 0 radical (unpaired) electrons. The molecule has 4 N–H and O–H groups in total. The predicted molar refractivity (Wildman–Crippen MR) is 106 cm³/mol. The van der Waals surface area contributed by atoms with Crippen LogP contribution >= 0.6 is 11.3 Å². The number of hydrazone groups is 1. The summed E-state index contributed by atoms with van der Waals surface area (Å²) in [4.78, 5) is 17.7. The van der Waals surface area contributed by atoms with Gasteiger partial charge in [-0.3, -0.25) is 10.2 Å². The van der Waals surface area contributed by atoms with Crippen LogP contribution in [0, 0.1) is 5.92 Å². The van der Waals surface area contributed by atoms with E-state index in [0.717, 1.165) is 52.8 Å². The van der Waals surface area contributed by atoms with Crippen molar-refractivity contribution in [1.29, 1.82) is 0 Å². The lowest BCUT2D eigenvalue weighted by atomic mass is 9.96. The number of hydrogen-bond acceptors (Lipinski definition) is 7. The van der Waals surface area contributed by atoms with Gasteiger partial charge >= 0.3 is 0 Å². The highest BCUT2D eigenvalue weighted by atomic mass is 32.1. The molecule has 3 atom stereocenters. The Morgan fingerprint density at radius 1 is 1.46 bits per heavy atom. The van der Waals surface area contributed by atoms with E-state index in [4.69, 9.17) is 0 Å². The molecule has 8 heteroatoms. The molecule has 3 aliphatic rings. The molecular formula is C18H26N6OS. The molecule has 1 saturated carbocycles. The summed E-state index contributed by atoms with van der Waals surface area (Å²) in [6.45, 7) is 3.03. The van der Waals surface area contributed by atoms with Gasteiger partial charge in [-0.1, -0.05) is 30.8 Å². The molecule has 1 aliphatic heterocycles. The van der Waals surface area contributed by atoms with Gasteiger partial charge in [0, 0.05) is 24.6 Å². The van der Waals surface area contributed by atoms with Crippen LogP contribution in [0.4, 0.5) is 5.13 Å². The lowest BCUT2D eigenvalue weighted by molar-refractivity contribution is -0.115. The molecule has 1 spiro atoms. The molecule has 7 nitrogen and oxygen atoms in total. The topological polar surface area (TPSA) is 90.4 Å². The van der Waals surface area contributed by atoms with Crippen LogP contribution in [-0.4, -0.2) is 48.8 Å². The highest BCUT2D eigenvalue weighted by Gasteiger charge is 2.62. The molecule has 3 unspecified atom stereocenters. The summed E-state index contributed by atoms with van der Waals surface area (Å²) < 4.78 is 1.07. The standard InChI is InChI=1S/C18H26N6OS/c1-4-5-11(6-7-19-2)21-16(25)14-13-15-12(22-17(20-3)26-15)8-10-9-18(10,13)24-23-14/h8,10-11,19,24H,4-7,9H2,1-3H3,(H,20,22)(H,21,25). The van der Waals surface area contributed by atoms with E-state index in [-0.39, 0.29) is 17.5 Å². The summed E-state index contributed by atoms with van der Waals surface area (Å²) in [7, 11) is 3.81. The smallest absolute Gasteiger partial charge is 0.272 e. The number of rotatable bonds is 8. The normalized spacial score (nSPS) is 25.9. The van der Waals surface area contributed by atoms with Gasteiger partial charge in [0.2, 0.25) is 0 Å². The summed E-state index contributed by atoms with van der Waals surface area (Å²) in [5.41, 5.74) is 4.67. The van der Waals surface area contributed by atoms with E-state index in [2.05, 4.69) is 44.5 Å². The van der Waals surface area contributed by atoms with Crippen molar-refractivity contribution in [2.75, 3.05) is 26.0 Å². The third-order valence-corrected chi connectivity index (χ3v) is 6.55. The first kappa shape index (κ1) is 17.5. The zero-order chi connectivity index (χ0) is 18.3. The Hall–Kier alpha value is -1.93. The number of nitrogens with one attached hydrogen (secondary N) is 4. The lowest BCUT2D eigenvalue weighted by Gasteiger charge is -2.19. The summed E-state index contributed by atoms with van der Waals surface area (Å²) in [5, 5.41) is 15.8. The molecule has 1 amide bonds. The molecule has 140 valence electrons. The van der Waals surface area contributed by atoms with Crippen molar-refractivity contribution in [1.82, 2.24) is 21.0 Å². The zero-order valence-electron chi connectivity index (χ0n) is 15.5.